The summed E-state index contributed by atoms with van der Waals surface area (Å²) in [6.07, 6.45) is 4.14. The summed E-state index contributed by atoms with van der Waals surface area (Å²) in [4.78, 5) is 8.72. The number of rotatable bonds is 4. The quantitative estimate of drug-likeness (QED) is 0.664. The van der Waals surface area contributed by atoms with E-state index in [-0.39, 0.29) is 0 Å². The van der Waals surface area contributed by atoms with Gasteiger partial charge in [0.2, 0.25) is 0 Å². The Bertz CT molecular complexity index is 557. The van der Waals surface area contributed by atoms with Crippen molar-refractivity contribution in [3.63, 3.8) is 0 Å². The Hall–Kier alpha value is -1.82. The molecule has 0 amide bonds. The molecule has 0 aromatic carbocycles. The van der Waals surface area contributed by atoms with E-state index in [0.717, 1.165) is 22.4 Å². The Morgan fingerprint density at radius 1 is 1.58 bits per heavy atom. The Kier molecular flexibility index (Phi) is 3.50. The number of furan rings is 1. The zero-order valence-corrected chi connectivity index (χ0v) is 11.5. The molecule has 0 unspecified atom stereocenters. The van der Waals surface area contributed by atoms with Crippen LogP contribution in [0.3, 0.4) is 0 Å². The fourth-order valence-corrected chi connectivity index (χ4v) is 2.48. The van der Waals surface area contributed by atoms with E-state index in [2.05, 4.69) is 20.6 Å². The zero-order chi connectivity index (χ0) is 13.1. The van der Waals surface area contributed by atoms with Gasteiger partial charge in [-0.2, -0.15) is 0 Å². The van der Waals surface area contributed by atoms with Gasteiger partial charge in [-0.1, -0.05) is 0 Å². The van der Waals surface area contributed by atoms with Crippen LogP contribution in [-0.4, -0.2) is 24.0 Å². The Balaban J connectivity index is 1.57. The van der Waals surface area contributed by atoms with E-state index < -0.39 is 0 Å². The minimum atomic E-state index is 0.598. The van der Waals surface area contributed by atoms with Gasteiger partial charge in [0.25, 0.3) is 0 Å². The first-order valence-corrected chi connectivity index (χ1v) is 7.18. The lowest BCUT2D eigenvalue weighted by Gasteiger charge is -2.09. The molecule has 2 N–H and O–H groups in total. The van der Waals surface area contributed by atoms with Crippen LogP contribution in [0.4, 0.5) is 0 Å². The highest BCUT2D eigenvalue weighted by Gasteiger charge is 2.22. The van der Waals surface area contributed by atoms with Crippen molar-refractivity contribution in [1.82, 2.24) is 15.6 Å². The fraction of sp³-hybridized carbons (Fsp3) is 0.385. The van der Waals surface area contributed by atoms with Gasteiger partial charge in [-0.05, 0) is 25.0 Å². The van der Waals surface area contributed by atoms with Gasteiger partial charge in [-0.15, -0.1) is 11.3 Å². The van der Waals surface area contributed by atoms with Gasteiger partial charge in [0.15, 0.2) is 16.7 Å². The molecule has 0 bridgehead atoms. The molecule has 6 heteroatoms. The molecular formula is C13H16N4OS. The lowest BCUT2D eigenvalue weighted by atomic mass is 10.4. The molecule has 3 rings (SSSR count). The van der Waals surface area contributed by atoms with Gasteiger partial charge in [-0.3, -0.25) is 4.99 Å². The molecule has 0 spiro atoms. The van der Waals surface area contributed by atoms with Crippen molar-refractivity contribution in [1.29, 1.82) is 0 Å². The van der Waals surface area contributed by atoms with Crippen molar-refractivity contribution < 1.29 is 4.42 Å². The van der Waals surface area contributed by atoms with E-state index >= 15 is 0 Å². The van der Waals surface area contributed by atoms with Crippen molar-refractivity contribution in [3.05, 3.63) is 29.5 Å². The lowest BCUT2D eigenvalue weighted by Crippen LogP contribution is -2.38. The first-order chi connectivity index (χ1) is 9.35. The van der Waals surface area contributed by atoms with Gasteiger partial charge in [0, 0.05) is 18.5 Å². The van der Waals surface area contributed by atoms with Crippen LogP contribution < -0.4 is 10.6 Å². The third-order valence-corrected chi connectivity index (χ3v) is 3.77. The summed E-state index contributed by atoms with van der Waals surface area (Å²) in [5.41, 5.74) is 0.996. The molecule has 0 radical (unpaired) electrons. The summed E-state index contributed by atoms with van der Waals surface area (Å²) in [5.74, 6) is 1.66. The van der Waals surface area contributed by atoms with Crippen molar-refractivity contribution >= 4 is 17.3 Å². The first kappa shape index (κ1) is 12.2. The van der Waals surface area contributed by atoms with Crippen LogP contribution in [0.5, 0.6) is 0 Å². The summed E-state index contributed by atoms with van der Waals surface area (Å²) >= 11 is 1.59. The molecule has 1 saturated carbocycles. The topological polar surface area (TPSA) is 62.5 Å². The molecule has 1 fully saturated rings. The van der Waals surface area contributed by atoms with Crippen molar-refractivity contribution in [2.75, 3.05) is 7.05 Å². The van der Waals surface area contributed by atoms with E-state index in [1.165, 1.54) is 12.8 Å². The van der Waals surface area contributed by atoms with Crippen LogP contribution in [-0.2, 0) is 6.54 Å². The molecule has 0 atom stereocenters. The normalized spacial score (nSPS) is 15.5. The standard InChI is InChI=1S/C13H16N4OS/c1-14-13(17-9-4-5-9)15-7-10-8-19-12(16-10)11-3-2-6-18-11/h2-3,6,8-9H,4-5,7H2,1H3,(H2,14,15,17). The molecular weight excluding hydrogens is 260 g/mol. The summed E-state index contributed by atoms with van der Waals surface area (Å²) in [7, 11) is 1.78. The van der Waals surface area contributed by atoms with Crippen LogP contribution >= 0.6 is 11.3 Å². The minimum absolute atomic E-state index is 0.598. The van der Waals surface area contributed by atoms with E-state index in [1.807, 2.05) is 17.5 Å². The minimum Gasteiger partial charge on any atom is -0.462 e. The Morgan fingerprint density at radius 3 is 3.16 bits per heavy atom. The molecule has 2 aromatic heterocycles. The highest BCUT2D eigenvalue weighted by molar-refractivity contribution is 7.13. The predicted octanol–water partition coefficient (Wildman–Crippen LogP) is 2.23. The second-order valence-electron chi connectivity index (χ2n) is 4.47. The molecule has 2 aromatic rings. The summed E-state index contributed by atoms with van der Waals surface area (Å²) in [6, 6.07) is 4.39. The molecule has 5 nitrogen and oxygen atoms in total. The molecule has 100 valence electrons. The largest absolute Gasteiger partial charge is 0.462 e. The third kappa shape index (κ3) is 3.14. The van der Waals surface area contributed by atoms with E-state index in [0.29, 0.717) is 12.6 Å². The van der Waals surface area contributed by atoms with Gasteiger partial charge < -0.3 is 15.1 Å². The molecule has 1 aliphatic rings. The average molecular weight is 276 g/mol. The number of aromatic nitrogens is 1. The maximum atomic E-state index is 5.33. The second-order valence-corrected chi connectivity index (χ2v) is 5.32. The monoisotopic (exact) mass is 276 g/mol. The number of hydrogen-bond donors (Lipinski definition) is 2. The number of guanidine groups is 1. The second kappa shape index (κ2) is 5.44. The highest BCUT2D eigenvalue weighted by atomic mass is 32.1. The fourth-order valence-electron chi connectivity index (χ4n) is 1.69. The van der Waals surface area contributed by atoms with Crippen LogP contribution in [0.15, 0.2) is 33.2 Å². The Morgan fingerprint density at radius 2 is 2.47 bits per heavy atom. The van der Waals surface area contributed by atoms with Gasteiger partial charge in [-0.25, -0.2) is 4.98 Å². The third-order valence-electron chi connectivity index (χ3n) is 2.86. The predicted molar refractivity (Wildman–Crippen MR) is 76.2 cm³/mol. The van der Waals surface area contributed by atoms with Gasteiger partial charge in [0.05, 0.1) is 18.5 Å². The number of nitrogens with one attached hydrogen (secondary N) is 2. The first-order valence-electron chi connectivity index (χ1n) is 6.30. The average Bonchev–Trinajstić information content (AvgIpc) is 2.94. The summed E-state index contributed by atoms with van der Waals surface area (Å²) in [5, 5.41) is 9.56. The van der Waals surface area contributed by atoms with Gasteiger partial charge >= 0.3 is 0 Å². The van der Waals surface area contributed by atoms with E-state index in [1.54, 1.807) is 24.6 Å². The van der Waals surface area contributed by atoms with Crippen molar-refractivity contribution in [3.8, 4) is 10.8 Å². The van der Waals surface area contributed by atoms with Crippen LogP contribution in [0, 0.1) is 0 Å². The molecule has 0 aliphatic heterocycles. The van der Waals surface area contributed by atoms with Crippen LogP contribution in [0.1, 0.15) is 18.5 Å². The maximum Gasteiger partial charge on any atom is 0.191 e. The Labute approximate surface area is 115 Å². The number of aliphatic imine (C=N–C) groups is 1. The summed E-state index contributed by atoms with van der Waals surface area (Å²) in [6.45, 7) is 0.670. The molecule has 0 saturated heterocycles. The molecule has 19 heavy (non-hydrogen) atoms. The number of hydrogen-bond acceptors (Lipinski definition) is 4. The molecule has 1 aliphatic carbocycles. The summed E-state index contributed by atoms with van der Waals surface area (Å²) < 4.78 is 5.33. The van der Waals surface area contributed by atoms with Crippen LogP contribution in [0.2, 0.25) is 0 Å². The lowest BCUT2D eigenvalue weighted by molar-refractivity contribution is 0.581. The molecule has 2 heterocycles. The van der Waals surface area contributed by atoms with Crippen LogP contribution in [0.25, 0.3) is 10.8 Å². The number of nitrogens with zero attached hydrogens (tertiary/aromatic N) is 2. The zero-order valence-electron chi connectivity index (χ0n) is 10.7. The van der Waals surface area contributed by atoms with Gasteiger partial charge in [0.1, 0.15) is 0 Å². The van der Waals surface area contributed by atoms with E-state index in [9.17, 15) is 0 Å². The van der Waals surface area contributed by atoms with Crippen molar-refractivity contribution in [2.45, 2.75) is 25.4 Å². The smallest absolute Gasteiger partial charge is 0.191 e. The number of thiazole rings is 1. The maximum absolute atomic E-state index is 5.33. The van der Waals surface area contributed by atoms with Crippen molar-refractivity contribution in [2.24, 2.45) is 4.99 Å². The van der Waals surface area contributed by atoms with E-state index in [4.69, 9.17) is 4.42 Å². The highest BCUT2D eigenvalue weighted by Crippen LogP contribution is 2.23. The SMILES string of the molecule is CN=C(NCc1csc(-c2ccco2)n1)NC1CC1.